The lowest BCUT2D eigenvalue weighted by molar-refractivity contribution is -0.122. The summed E-state index contributed by atoms with van der Waals surface area (Å²) in [5, 5.41) is 4.96. The van der Waals surface area contributed by atoms with E-state index in [2.05, 4.69) is 17.6 Å². The Labute approximate surface area is 180 Å². The molecule has 0 saturated heterocycles. The van der Waals surface area contributed by atoms with Gasteiger partial charge in [-0.15, -0.1) is 0 Å². The maximum atomic E-state index is 13.6. The number of nitrogens with one attached hydrogen (secondary N) is 2. The highest BCUT2D eigenvalue weighted by Gasteiger charge is 2.24. The summed E-state index contributed by atoms with van der Waals surface area (Å²) >= 11 is 0. The molecule has 31 heavy (non-hydrogen) atoms. The molecular weight excluding hydrogens is 406 g/mol. The predicted molar refractivity (Wildman–Crippen MR) is 113 cm³/mol. The highest BCUT2D eigenvalue weighted by atomic mass is 19.2. The van der Waals surface area contributed by atoms with Crippen molar-refractivity contribution in [1.82, 2.24) is 10.6 Å². The molecule has 1 unspecified atom stereocenters. The van der Waals surface area contributed by atoms with Crippen molar-refractivity contribution in [3.8, 4) is 11.5 Å². The van der Waals surface area contributed by atoms with Crippen LogP contribution in [0, 0.1) is 11.6 Å². The molecule has 168 valence electrons. The zero-order valence-electron chi connectivity index (χ0n) is 18.0. The Morgan fingerprint density at radius 3 is 2.42 bits per heavy atom. The van der Waals surface area contributed by atoms with Crippen LogP contribution in [0.1, 0.15) is 54.6 Å². The lowest BCUT2D eigenvalue weighted by Crippen LogP contribution is -2.39. The molecule has 6 nitrogen and oxygen atoms in total. The summed E-state index contributed by atoms with van der Waals surface area (Å²) in [6.45, 7) is 2.67. The van der Waals surface area contributed by atoms with Gasteiger partial charge in [-0.2, -0.15) is 0 Å². The maximum Gasteiger partial charge on any atom is 0.252 e. The van der Waals surface area contributed by atoms with Crippen molar-refractivity contribution in [2.75, 3.05) is 20.8 Å². The highest BCUT2D eigenvalue weighted by molar-refractivity contribution is 5.98. The molecule has 1 atom stereocenters. The third-order valence-electron chi connectivity index (χ3n) is 4.74. The van der Waals surface area contributed by atoms with E-state index >= 15 is 0 Å². The summed E-state index contributed by atoms with van der Waals surface area (Å²) in [6, 6.07) is 6.50. The molecule has 2 rings (SSSR count). The average molecular weight is 434 g/mol. The maximum absolute atomic E-state index is 13.6. The quantitative estimate of drug-likeness (QED) is 0.521. The molecular formula is C23H28F2N2O4. The Bertz CT molecular complexity index is 905. The van der Waals surface area contributed by atoms with Crippen LogP contribution < -0.4 is 20.1 Å². The van der Waals surface area contributed by atoms with Crippen LogP contribution in [0.25, 0.3) is 0 Å². The lowest BCUT2D eigenvalue weighted by atomic mass is 10.0. The Morgan fingerprint density at radius 1 is 1.00 bits per heavy atom. The van der Waals surface area contributed by atoms with Crippen LogP contribution in [0.2, 0.25) is 0 Å². The predicted octanol–water partition coefficient (Wildman–Crippen LogP) is 4.15. The second-order valence-electron chi connectivity index (χ2n) is 6.97. The molecule has 8 heteroatoms. The first kappa shape index (κ1) is 24.1. The van der Waals surface area contributed by atoms with Gasteiger partial charge in [-0.05, 0) is 42.3 Å². The fourth-order valence-electron chi connectivity index (χ4n) is 2.99. The minimum Gasteiger partial charge on any atom is -0.493 e. The van der Waals surface area contributed by atoms with Crippen LogP contribution in [0.5, 0.6) is 11.5 Å². The van der Waals surface area contributed by atoms with E-state index in [1.54, 1.807) is 12.1 Å². The molecule has 2 aromatic carbocycles. The Kier molecular flexibility index (Phi) is 9.24. The zero-order chi connectivity index (χ0) is 22.8. The molecule has 2 aromatic rings. The van der Waals surface area contributed by atoms with Crippen molar-refractivity contribution in [3.63, 3.8) is 0 Å². The van der Waals surface area contributed by atoms with Crippen molar-refractivity contribution in [2.24, 2.45) is 0 Å². The fraction of sp³-hybridized carbons (Fsp3) is 0.391. The van der Waals surface area contributed by atoms with Crippen LogP contribution in [-0.4, -0.2) is 32.6 Å². The van der Waals surface area contributed by atoms with Crippen molar-refractivity contribution in [2.45, 2.75) is 38.6 Å². The van der Waals surface area contributed by atoms with E-state index in [0.717, 1.165) is 37.8 Å². The Morgan fingerprint density at radius 2 is 1.77 bits per heavy atom. The summed E-state index contributed by atoms with van der Waals surface area (Å²) in [5.74, 6) is -2.40. The third-order valence-corrected chi connectivity index (χ3v) is 4.74. The molecule has 0 fully saturated rings. The second kappa shape index (κ2) is 11.9. The number of carbonyl (C=O) groups excluding carboxylic acids is 2. The van der Waals surface area contributed by atoms with E-state index in [1.165, 1.54) is 26.3 Å². The Hall–Kier alpha value is -3.16. The highest BCUT2D eigenvalue weighted by Crippen LogP contribution is 2.29. The third kappa shape index (κ3) is 6.67. The van der Waals surface area contributed by atoms with Gasteiger partial charge < -0.3 is 20.1 Å². The number of hydrogen-bond acceptors (Lipinski definition) is 4. The average Bonchev–Trinajstić information content (AvgIpc) is 2.78. The zero-order valence-corrected chi connectivity index (χ0v) is 18.0. The van der Waals surface area contributed by atoms with E-state index in [-0.39, 0.29) is 11.1 Å². The summed E-state index contributed by atoms with van der Waals surface area (Å²) in [5.41, 5.74) is 0.345. The van der Waals surface area contributed by atoms with Gasteiger partial charge in [-0.25, -0.2) is 8.78 Å². The van der Waals surface area contributed by atoms with E-state index in [9.17, 15) is 18.4 Å². The van der Waals surface area contributed by atoms with Crippen LogP contribution in [0.3, 0.4) is 0 Å². The largest absolute Gasteiger partial charge is 0.493 e. The number of amides is 2. The monoisotopic (exact) mass is 434 g/mol. The van der Waals surface area contributed by atoms with E-state index in [1.807, 2.05) is 0 Å². The van der Waals surface area contributed by atoms with Gasteiger partial charge in [0.15, 0.2) is 23.1 Å². The molecule has 2 N–H and O–H groups in total. The molecule has 0 aliphatic heterocycles. The van der Waals surface area contributed by atoms with Crippen LogP contribution in [0.4, 0.5) is 8.78 Å². The van der Waals surface area contributed by atoms with Gasteiger partial charge in [-0.1, -0.05) is 32.3 Å². The number of ether oxygens (including phenoxy) is 2. The van der Waals surface area contributed by atoms with Gasteiger partial charge in [0, 0.05) is 12.6 Å². The minimum absolute atomic E-state index is 0.116. The normalized spacial score (nSPS) is 11.5. The van der Waals surface area contributed by atoms with Gasteiger partial charge in [0.05, 0.1) is 13.7 Å². The topological polar surface area (TPSA) is 76.7 Å². The number of benzene rings is 2. The summed E-state index contributed by atoms with van der Waals surface area (Å²) in [4.78, 5) is 25.0. The summed E-state index contributed by atoms with van der Waals surface area (Å²) in [7, 11) is 2.85. The SMILES string of the molecule is CCCCCCOc1ccc(C(=O)NC(C(=O)NC)c2ccc(F)c(F)c2)cc1OC. The van der Waals surface area contributed by atoms with Gasteiger partial charge in [0.25, 0.3) is 5.91 Å². The van der Waals surface area contributed by atoms with Crippen molar-refractivity contribution in [3.05, 3.63) is 59.2 Å². The molecule has 0 saturated carbocycles. The summed E-state index contributed by atoms with van der Waals surface area (Å²) < 4.78 is 38.0. The van der Waals surface area contributed by atoms with Crippen LogP contribution >= 0.6 is 0 Å². The van der Waals surface area contributed by atoms with Gasteiger partial charge in [0.1, 0.15) is 6.04 Å². The molecule has 0 spiro atoms. The Balaban J connectivity index is 2.15. The van der Waals surface area contributed by atoms with Gasteiger partial charge in [0.2, 0.25) is 5.91 Å². The molecule has 0 bridgehead atoms. The van der Waals surface area contributed by atoms with Gasteiger partial charge in [-0.3, -0.25) is 9.59 Å². The van der Waals surface area contributed by atoms with E-state index in [4.69, 9.17) is 9.47 Å². The van der Waals surface area contributed by atoms with E-state index < -0.39 is 29.5 Å². The van der Waals surface area contributed by atoms with Gasteiger partial charge >= 0.3 is 0 Å². The van der Waals surface area contributed by atoms with Crippen LogP contribution in [0.15, 0.2) is 36.4 Å². The second-order valence-corrected chi connectivity index (χ2v) is 6.97. The first-order valence-electron chi connectivity index (χ1n) is 10.2. The number of methoxy groups -OCH3 is 1. The molecule has 2 amide bonds. The molecule has 0 radical (unpaired) electrons. The fourth-order valence-corrected chi connectivity index (χ4v) is 2.99. The number of hydrogen-bond donors (Lipinski definition) is 2. The van der Waals surface area contributed by atoms with Crippen molar-refractivity contribution in [1.29, 1.82) is 0 Å². The minimum atomic E-state index is -1.20. The number of unbranched alkanes of at least 4 members (excludes halogenated alkanes) is 3. The van der Waals surface area contributed by atoms with Crippen LogP contribution in [-0.2, 0) is 4.79 Å². The smallest absolute Gasteiger partial charge is 0.252 e. The molecule has 0 heterocycles. The number of carbonyl (C=O) groups is 2. The van der Waals surface area contributed by atoms with Crippen molar-refractivity contribution >= 4 is 11.8 Å². The first-order valence-corrected chi connectivity index (χ1v) is 10.2. The van der Waals surface area contributed by atoms with Crippen molar-refractivity contribution < 1.29 is 27.8 Å². The lowest BCUT2D eigenvalue weighted by Gasteiger charge is -2.18. The van der Waals surface area contributed by atoms with E-state index in [0.29, 0.717) is 18.1 Å². The first-order chi connectivity index (χ1) is 14.9. The molecule has 0 aliphatic rings. The molecule has 0 aromatic heterocycles. The molecule has 0 aliphatic carbocycles. The number of rotatable bonds is 11. The number of halogens is 2. The standard InChI is InChI=1S/C23H28F2N2O4/c1-4-5-6-7-12-31-19-11-9-16(14-20(19)30-3)22(28)27-21(23(29)26-2)15-8-10-17(24)18(25)13-15/h8-11,13-14,21H,4-7,12H2,1-3H3,(H,26,29)(H,27,28). The number of likely N-dealkylation sites (N-methyl/N-ethyl adjacent to an activating group) is 1. The summed E-state index contributed by atoms with van der Waals surface area (Å²) in [6.07, 6.45) is 4.27.